The van der Waals surface area contributed by atoms with Crippen LogP contribution in [0.25, 0.3) is 0 Å². The Labute approximate surface area is 164 Å². The summed E-state index contributed by atoms with van der Waals surface area (Å²) in [4.78, 5) is 12.1. The fourth-order valence-electron chi connectivity index (χ4n) is 8.22. The van der Waals surface area contributed by atoms with E-state index >= 15 is 0 Å². The van der Waals surface area contributed by atoms with E-state index in [0.29, 0.717) is 28.6 Å². The summed E-state index contributed by atoms with van der Waals surface area (Å²) in [5.41, 5.74) is 0.763. The Kier molecular flexibility index (Phi) is 4.71. The van der Waals surface area contributed by atoms with Crippen LogP contribution < -0.4 is 0 Å². The van der Waals surface area contributed by atoms with Gasteiger partial charge in [-0.2, -0.15) is 0 Å². The van der Waals surface area contributed by atoms with Gasteiger partial charge in [0.15, 0.2) is 6.29 Å². The Morgan fingerprint density at radius 2 is 1.78 bits per heavy atom. The smallest absolute Gasteiger partial charge is 0.157 e. The molecule has 3 nitrogen and oxygen atoms in total. The molecule has 5 fully saturated rings. The normalized spacial score (nSPS) is 52.7. The van der Waals surface area contributed by atoms with Crippen molar-refractivity contribution in [2.24, 2.45) is 34.5 Å². The number of carbonyl (C=O) groups excluding carboxylic acids is 1. The standard InChI is InChI=1S/C24H38O3/c1-23-12-10-17(25)15-16(23)6-7-18-19-8-9-21(24(19,2)13-11-20(18)23)27-22-5-3-4-14-26-22/h16,18-22H,3-15H2,1-2H3/t16-,18-,19-,20-,21-,22+,23-,24-/m0/s1. The molecule has 1 heterocycles. The van der Waals surface area contributed by atoms with Crippen LogP contribution in [0.5, 0.6) is 0 Å². The maximum atomic E-state index is 12.1. The summed E-state index contributed by atoms with van der Waals surface area (Å²) in [7, 11) is 0. The second-order valence-electron chi connectivity index (χ2n) is 10.9. The topological polar surface area (TPSA) is 35.5 Å². The molecule has 0 amide bonds. The third-order valence-corrected chi connectivity index (χ3v) is 9.85. The van der Waals surface area contributed by atoms with E-state index in [0.717, 1.165) is 50.0 Å². The maximum Gasteiger partial charge on any atom is 0.157 e. The van der Waals surface area contributed by atoms with Gasteiger partial charge in [0.25, 0.3) is 0 Å². The van der Waals surface area contributed by atoms with Crippen LogP contribution in [-0.2, 0) is 14.3 Å². The molecule has 27 heavy (non-hydrogen) atoms. The number of hydrogen-bond acceptors (Lipinski definition) is 3. The predicted molar refractivity (Wildman–Crippen MR) is 105 cm³/mol. The van der Waals surface area contributed by atoms with Gasteiger partial charge in [-0.15, -0.1) is 0 Å². The Hall–Kier alpha value is -0.410. The molecule has 5 aliphatic rings. The molecule has 4 aliphatic carbocycles. The highest BCUT2D eigenvalue weighted by Gasteiger charge is 2.60. The summed E-state index contributed by atoms with van der Waals surface area (Å²) in [6.45, 7) is 5.95. The Bertz CT molecular complexity index is 582. The van der Waals surface area contributed by atoms with Gasteiger partial charge in [0, 0.05) is 19.4 Å². The molecular weight excluding hydrogens is 336 g/mol. The number of Topliss-reactive ketones (excluding diaryl/α,β-unsaturated/α-hetero) is 1. The van der Waals surface area contributed by atoms with E-state index < -0.39 is 0 Å². The molecule has 0 aromatic rings. The predicted octanol–water partition coefficient (Wildman–Crippen LogP) is 5.51. The zero-order valence-corrected chi connectivity index (χ0v) is 17.4. The summed E-state index contributed by atoms with van der Waals surface area (Å²) >= 11 is 0. The number of ketones is 1. The van der Waals surface area contributed by atoms with Gasteiger partial charge < -0.3 is 9.47 Å². The molecule has 3 heteroatoms. The van der Waals surface area contributed by atoms with Gasteiger partial charge in [-0.1, -0.05) is 13.8 Å². The van der Waals surface area contributed by atoms with E-state index in [1.807, 2.05) is 0 Å². The Morgan fingerprint density at radius 1 is 0.926 bits per heavy atom. The minimum absolute atomic E-state index is 0.0506. The van der Waals surface area contributed by atoms with Crippen molar-refractivity contribution in [1.29, 1.82) is 0 Å². The van der Waals surface area contributed by atoms with Crippen molar-refractivity contribution in [2.75, 3.05) is 6.61 Å². The number of fused-ring (bicyclic) bond motifs is 5. The fraction of sp³-hybridized carbons (Fsp3) is 0.958. The van der Waals surface area contributed by atoms with Gasteiger partial charge in [0.05, 0.1) is 6.10 Å². The second kappa shape index (κ2) is 6.83. The molecular formula is C24H38O3. The number of ether oxygens (including phenoxy) is 2. The molecule has 152 valence electrons. The first-order valence-corrected chi connectivity index (χ1v) is 11.8. The largest absolute Gasteiger partial charge is 0.353 e. The Morgan fingerprint density at radius 3 is 2.59 bits per heavy atom. The van der Waals surface area contributed by atoms with Gasteiger partial charge in [-0.05, 0) is 98.7 Å². The summed E-state index contributed by atoms with van der Waals surface area (Å²) < 4.78 is 12.5. The highest BCUT2D eigenvalue weighted by molar-refractivity contribution is 5.79. The van der Waals surface area contributed by atoms with E-state index in [1.165, 1.54) is 51.4 Å². The summed E-state index contributed by atoms with van der Waals surface area (Å²) in [5.74, 6) is 3.71. The molecule has 1 aliphatic heterocycles. The summed E-state index contributed by atoms with van der Waals surface area (Å²) in [5, 5.41) is 0. The highest BCUT2D eigenvalue weighted by atomic mass is 16.7. The third kappa shape index (κ3) is 2.94. The van der Waals surface area contributed by atoms with E-state index in [1.54, 1.807) is 0 Å². The molecule has 0 aromatic heterocycles. The molecule has 0 radical (unpaired) electrons. The van der Waals surface area contributed by atoms with Crippen molar-refractivity contribution in [1.82, 2.24) is 0 Å². The van der Waals surface area contributed by atoms with Crippen LogP contribution in [0.1, 0.15) is 90.9 Å². The van der Waals surface area contributed by atoms with Crippen molar-refractivity contribution in [3.63, 3.8) is 0 Å². The lowest BCUT2D eigenvalue weighted by Gasteiger charge is -2.60. The lowest BCUT2D eigenvalue weighted by molar-refractivity contribution is -0.218. The van der Waals surface area contributed by atoms with Crippen molar-refractivity contribution in [2.45, 2.75) is 103 Å². The molecule has 0 bridgehead atoms. The quantitative estimate of drug-likeness (QED) is 0.639. The molecule has 0 unspecified atom stereocenters. The molecule has 5 rings (SSSR count). The highest BCUT2D eigenvalue weighted by Crippen LogP contribution is 2.66. The molecule has 1 saturated heterocycles. The molecule has 0 N–H and O–H groups in total. The number of hydrogen-bond donors (Lipinski definition) is 0. The van der Waals surface area contributed by atoms with Crippen LogP contribution in [0.3, 0.4) is 0 Å². The van der Waals surface area contributed by atoms with Crippen LogP contribution in [0.4, 0.5) is 0 Å². The van der Waals surface area contributed by atoms with Crippen molar-refractivity contribution < 1.29 is 14.3 Å². The van der Waals surface area contributed by atoms with Crippen molar-refractivity contribution in [3.8, 4) is 0 Å². The zero-order valence-electron chi connectivity index (χ0n) is 17.4. The average molecular weight is 375 g/mol. The first-order chi connectivity index (χ1) is 13.0. The first-order valence-electron chi connectivity index (χ1n) is 11.8. The van der Waals surface area contributed by atoms with Gasteiger partial charge in [0.1, 0.15) is 5.78 Å². The van der Waals surface area contributed by atoms with E-state index in [2.05, 4.69) is 13.8 Å². The van der Waals surface area contributed by atoms with Gasteiger partial charge in [-0.3, -0.25) is 4.79 Å². The minimum atomic E-state index is 0.0506. The van der Waals surface area contributed by atoms with E-state index in [4.69, 9.17) is 9.47 Å². The Balaban J connectivity index is 1.33. The monoisotopic (exact) mass is 374 g/mol. The van der Waals surface area contributed by atoms with Crippen LogP contribution in [0.15, 0.2) is 0 Å². The fourth-order valence-corrected chi connectivity index (χ4v) is 8.22. The minimum Gasteiger partial charge on any atom is -0.353 e. The molecule has 8 atom stereocenters. The summed E-state index contributed by atoms with van der Waals surface area (Å²) in [6, 6.07) is 0. The van der Waals surface area contributed by atoms with Crippen LogP contribution >= 0.6 is 0 Å². The van der Waals surface area contributed by atoms with E-state index in [-0.39, 0.29) is 6.29 Å². The van der Waals surface area contributed by atoms with Crippen LogP contribution in [0, 0.1) is 34.5 Å². The second-order valence-corrected chi connectivity index (χ2v) is 10.9. The average Bonchev–Trinajstić information content (AvgIpc) is 3.00. The lowest BCUT2D eigenvalue weighted by atomic mass is 9.45. The molecule has 0 spiro atoms. The number of carbonyl (C=O) groups is 1. The van der Waals surface area contributed by atoms with E-state index in [9.17, 15) is 4.79 Å². The maximum absolute atomic E-state index is 12.1. The lowest BCUT2D eigenvalue weighted by Crippen LogP contribution is -2.54. The van der Waals surface area contributed by atoms with Crippen molar-refractivity contribution >= 4 is 5.78 Å². The van der Waals surface area contributed by atoms with Crippen LogP contribution in [-0.4, -0.2) is 24.8 Å². The van der Waals surface area contributed by atoms with Crippen LogP contribution in [0.2, 0.25) is 0 Å². The van der Waals surface area contributed by atoms with Gasteiger partial charge in [0.2, 0.25) is 0 Å². The molecule has 4 saturated carbocycles. The number of rotatable bonds is 2. The van der Waals surface area contributed by atoms with Gasteiger partial charge in [-0.25, -0.2) is 0 Å². The first kappa shape index (κ1) is 18.6. The van der Waals surface area contributed by atoms with Gasteiger partial charge >= 0.3 is 0 Å². The molecule has 0 aromatic carbocycles. The third-order valence-electron chi connectivity index (χ3n) is 9.85. The zero-order chi connectivity index (χ0) is 18.6. The summed E-state index contributed by atoms with van der Waals surface area (Å²) in [6.07, 6.45) is 14.7. The van der Waals surface area contributed by atoms with Crippen molar-refractivity contribution in [3.05, 3.63) is 0 Å². The SMILES string of the molecule is C[C@]12CCC(=O)C[C@@H]1CC[C@@H]1[C@@H]2CC[C@]2(C)[C@@H](O[C@@H]3CCCCO3)CC[C@@H]12.